The molecule has 0 radical (unpaired) electrons. The molecule has 0 N–H and O–H groups in total. The molecule has 0 aliphatic heterocycles. The molecule has 0 saturated heterocycles. The molecule has 2 heterocycles. The lowest BCUT2D eigenvalue weighted by atomic mass is 10.2. The molecule has 30 heavy (non-hydrogen) atoms. The number of aromatic nitrogens is 3. The molecule has 2 aromatic heterocycles. The van der Waals surface area contributed by atoms with Gasteiger partial charge in [0.25, 0.3) is 5.56 Å². The van der Waals surface area contributed by atoms with E-state index in [0.717, 1.165) is 19.2 Å². The SMILES string of the molecule is Cc1noc(C)c1COc1cc(-n2c(=O)cc(C(F)(F)F)n(C)c2=O)c(F)cc1Cl. The van der Waals surface area contributed by atoms with E-state index in [4.69, 9.17) is 20.9 Å². The van der Waals surface area contributed by atoms with Gasteiger partial charge in [-0.3, -0.25) is 9.36 Å². The summed E-state index contributed by atoms with van der Waals surface area (Å²) in [6.07, 6.45) is -4.94. The summed E-state index contributed by atoms with van der Waals surface area (Å²) in [5, 5.41) is 3.59. The predicted molar refractivity (Wildman–Crippen MR) is 97.6 cm³/mol. The van der Waals surface area contributed by atoms with E-state index in [0.29, 0.717) is 17.0 Å². The smallest absolute Gasteiger partial charge is 0.431 e. The van der Waals surface area contributed by atoms with Gasteiger partial charge in [0.15, 0.2) is 0 Å². The number of hydrogen-bond donors (Lipinski definition) is 0. The lowest BCUT2D eigenvalue weighted by molar-refractivity contribution is -0.144. The first kappa shape index (κ1) is 21.6. The molecular weight excluding hydrogens is 434 g/mol. The number of hydrogen-bond acceptors (Lipinski definition) is 5. The summed E-state index contributed by atoms with van der Waals surface area (Å²) in [5.41, 5.74) is -3.64. The number of nitrogens with zero attached hydrogens (tertiary/aromatic N) is 3. The quantitative estimate of drug-likeness (QED) is 0.572. The maximum absolute atomic E-state index is 14.5. The number of ether oxygens (including phenoxy) is 1. The van der Waals surface area contributed by atoms with Gasteiger partial charge < -0.3 is 9.26 Å². The zero-order valence-electron chi connectivity index (χ0n) is 15.8. The molecule has 0 aliphatic rings. The van der Waals surface area contributed by atoms with Gasteiger partial charge in [0.05, 0.1) is 22.0 Å². The molecule has 3 aromatic rings. The number of alkyl halides is 3. The third kappa shape index (κ3) is 3.84. The summed E-state index contributed by atoms with van der Waals surface area (Å²) in [6.45, 7) is 3.27. The Labute approximate surface area is 171 Å². The van der Waals surface area contributed by atoms with Gasteiger partial charge in [-0.25, -0.2) is 13.8 Å². The third-order valence-electron chi connectivity index (χ3n) is 4.41. The summed E-state index contributed by atoms with van der Waals surface area (Å²) >= 11 is 5.98. The van der Waals surface area contributed by atoms with Crippen LogP contribution in [0.1, 0.15) is 22.7 Å². The van der Waals surface area contributed by atoms with Gasteiger partial charge >= 0.3 is 11.9 Å². The Morgan fingerprint density at radius 2 is 1.87 bits per heavy atom. The zero-order valence-corrected chi connectivity index (χ0v) is 16.6. The monoisotopic (exact) mass is 447 g/mol. The fraction of sp³-hybridized carbons (Fsp3) is 0.278. The maximum atomic E-state index is 14.5. The van der Waals surface area contributed by atoms with E-state index in [9.17, 15) is 27.2 Å². The first-order chi connectivity index (χ1) is 13.9. The fourth-order valence-corrected chi connectivity index (χ4v) is 2.98. The van der Waals surface area contributed by atoms with E-state index < -0.39 is 34.6 Å². The van der Waals surface area contributed by atoms with Crippen LogP contribution in [0.4, 0.5) is 17.6 Å². The Morgan fingerprint density at radius 1 is 1.20 bits per heavy atom. The first-order valence-electron chi connectivity index (χ1n) is 8.36. The number of benzene rings is 1. The predicted octanol–water partition coefficient (Wildman–Crippen LogP) is 3.53. The molecule has 0 unspecified atom stereocenters. The first-order valence-corrected chi connectivity index (χ1v) is 8.74. The summed E-state index contributed by atoms with van der Waals surface area (Å²) in [5.74, 6) is -0.704. The lowest BCUT2D eigenvalue weighted by Crippen LogP contribution is -2.41. The fourth-order valence-electron chi connectivity index (χ4n) is 2.78. The average Bonchev–Trinajstić information content (AvgIpc) is 2.96. The Morgan fingerprint density at radius 3 is 2.43 bits per heavy atom. The second kappa shape index (κ2) is 7.63. The van der Waals surface area contributed by atoms with Crippen LogP contribution < -0.4 is 16.0 Å². The van der Waals surface area contributed by atoms with Crippen LogP contribution >= 0.6 is 11.6 Å². The molecule has 0 fully saturated rings. The van der Waals surface area contributed by atoms with Crippen molar-refractivity contribution in [2.45, 2.75) is 26.6 Å². The highest BCUT2D eigenvalue weighted by atomic mass is 35.5. The van der Waals surface area contributed by atoms with Gasteiger partial charge in [0.2, 0.25) is 0 Å². The van der Waals surface area contributed by atoms with Crippen molar-refractivity contribution in [1.82, 2.24) is 14.3 Å². The van der Waals surface area contributed by atoms with Crippen LogP contribution in [0.2, 0.25) is 5.02 Å². The van der Waals surface area contributed by atoms with Gasteiger partial charge in [-0.05, 0) is 19.9 Å². The number of halogens is 5. The highest BCUT2D eigenvalue weighted by Crippen LogP contribution is 2.31. The zero-order chi connectivity index (χ0) is 22.4. The van der Waals surface area contributed by atoms with Crippen LogP contribution in [0.3, 0.4) is 0 Å². The van der Waals surface area contributed by atoms with Crippen LogP contribution in [0.5, 0.6) is 5.75 Å². The van der Waals surface area contributed by atoms with E-state index in [1.54, 1.807) is 13.8 Å². The van der Waals surface area contributed by atoms with Crippen molar-refractivity contribution in [1.29, 1.82) is 0 Å². The molecule has 0 atom stereocenters. The van der Waals surface area contributed by atoms with Gasteiger partial charge in [-0.1, -0.05) is 16.8 Å². The number of rotatable bonds is 4. The Hall–Kier alpha value is -3.08. The van der Waals surface area contributed by atoms with E-state index in [-0.39, 0.29) is 32.6 Å². The summed E-state index contributed by atoms with van der Waals surface area (Å²) < 4.78 is 64.5. The molecule has 12 heteroatoms. The minimum Gasteiger partial charge on any atom is -0.487 e. The topological polar surface area (TPSA) is 79.3 Å². The van der Waals surface area contributed by atoms with Gasteiger partial charge in [-0.2, -0.15) is 13.2 Å². The van der Waals surface area contributed by atoms with E-state index in [1.807, 2.05) is 0 Å². The average molecular weight is 448 g/mol. The van der Waals surface area contributed by atoms with Crippen molar-refractivity contribution < 1.29 is 26.8 Å². The molecular formula is C18H14ClF4N3O4. The lowest BCUT2D eigenvalue weighted by Gasteiger charge is -2.15. The highest BCUT2D eigenvalue weighted by Gasteiger charge is 2.35. The van der Waals surface area contributed by atoms with Crippen LogP contribution in [0.25, 0.3) is 5.69 Å². The Bertz CT molecular complexity index is 1220. The second-order valence-corrected chi connectivity index (χ2v) is 6.78. The summed E-state index contributed by atoms with van der Waals surface area (Å²) in [6, 6.07) is 1.97. The Kier molecular flexibility index (Phi) is 5.50. The summed E-state index contributed by atoms with van der Waals surface area (Å²) in [7, 11) is 0.823. The molecule has 0 spiro atoms. The second-order valence-electron chi connectivity index (χ2n) is 6.37. The third-order valence-corrected chi connectivity index (χ3v) is 4.70. The van der Waals surface area contributed by atoms with E-state index in [1.165, 1.54) is 0 Å². The molecule has 3 rings (SSSR count). The molecule has 160 valence electrons. The Balaban J connectivity index is 2.10. The van der Waals surface area contributed by atoms with Crippen molar-refractivity contribution in [2.75, 3.05) is 0 Å². The molecule has 1 aromatic carbocycles. The normalized spacial score (nSPS) is 11.7. The van der Waals surface area contributed by atoms with Gasteiger partial charge in [0.1, 0.15) is 29.6 Å². The standard InChI is InChI=1S/C18H14ClF4N3O4/c1-8-10(9(2)30-24-8)7-29-14-5-13(12(20)4-11(14)19)26-16(27)6-15(18(21,22)23)25(3)17(26)28/h4-6H,7H2,1-3H3. The van der Waals surface area contributed by atoms with Crippen molar-refractivity contribution in [3.63, 3.8) is 0 Å². The van der Waals surface area contributed by atoms with Gasteiger partial charge in [0, 0.05) is 19.2 Å². The van der Waals surface area contributed by atoms with Crippen LogP contribution in [0.15, 0.2) is 32.3 Å². The molecule has 0 aliphatic carbocycles. The van der Waals surface area contributed by atoms with Crippen molar-refractivity contribution in [3.8, 4) is 11.4 Å². The minimum absolute atomic E-state index is 0.0636. The molecule has 7 nitrogen and oxygen atoms in total. The maximum Gasteiger partial charge on any atom is 0.431 e. The van der Waals surface area contributed by atoms with Crippen LogP contribution in [0, 0.1) is 19.7 Å². The van der Waals surface area contributed by atoms with Crippen molar-refractivity contribution in [3.05, 3.63) is 72.6 Å². The highest BCUT2D eigenvalue weighted by molar-refractivity contribution is 6.32. The molecule has 0 saturated carbocycles. The van der Waals surface area contributed by atoms with E-state index in [2.05, 4.69) is 5.16 Å². The number of aryl methyl sites for hydroxylation is 2. The minimum atomic E-state index is -4.94. The molecule has 0 bridgehead atoms. The molecule has 0 amide bonds. The van der Waals surface area contributed by atoms with Crippen LogP contribution in [-0.2, 0) is 19.8 Å². The van der Waals surface area contributed by atoms with Crippen molar-refractivity contribution in [2.24, 2.45) is 7.05 Å². The van der Waals surface area contributed by atoms with Crippen LogP contribution in [-0.4, -0.2) is 14.3 Å². The largest absolute Gasteiger partial charge is 0.487 e. The summed E-state index contributed by atoms with van der Waals surface area (Å²) in [4.78, 5) is 24.6. The van der Waals surface area contributed by atoms with Gasteiger partial charge in [-0.15, -0.1) is 0 Å². The van der Waals surface area contributed by atoms with Crippen molar-refractivity contribution >= 4 is 11.6 Å². The van der Waals surface area contributed by atoms with E-state index >= 15 is 0 Å².